The van der Waals surface area contributed by atoms with E-state index in [0.717, 1.165) is 13.0 Å². The Morgan fingerprint density at radius 3 is 2.65 bits per heavy atom. The van der Waals surface area contributed by atoms with E-state index in [-0.39, 0.29) is 42.5 Å². The Balaban J connectivity index is 0.00000361. The number of guanidine groups is 1. The number of carbonyl (C=O) groups excluding carboxylic acids is 2. The summed E-state index contributed by atoms with van der Waals surface area (Å²) in [4.78, 5) is 27.8. The van der Waals surface area contributed by atoms with Crippen molar-refractivity contribution in [3.63, 3.8) is 0 Å². The zero-order valence-electron chi connectivity index (χ0n) is 11.8. The summed E-state index contributed by atoms with van der Waals surface area (Å²) in [7, 11) is 3.32. The molecule has 1 saturated heterocycles. The number of amides is 3. The Labute approximate surface area is 135 Å². The van der Waals surface area contributed by atoms with Crippen molar-refractivity contribution >= 4 is 41.9 Å². The van der Waals surface area contributed by atoms with Crippen LogP contribution >= 0.6 is 24.0 Å². The molecule has 1 aliphatic rings. The number of rotatable bonds is 7. The van der Waals surface area contributed by atoms with Crippen LogP contribution in [0, 0.1) is 0 Å². The topological polar surface area (TPSA) is 95.1 Å². The van der Waals surface area contributed by atoms with Gasteiger partial charge in [0.05, 0.1) is 6.54 Å². The van der Waals surface area contributed by atoms with Crippen LogP contribution in [0.2, 0.25) is 0 Å². The molecule has 1 heterocycles. The lowest BCUT2D eigenvalue weighted by Gasteiger charge is -2.15. The van der Waals surface area contributed by atoms with E-state index in [1.54, 1.807) is 14.2 Å². The van der Waals surface area contributed by atoms with Crippen LogP contribution in [0.4, 0.5) is 4.79 Å². The third-order valence-corrected chi connectivity index (χ3v) is 2.61. The molecule has 116 valence electrons. The number of aliphatic imine (C=N–C) groups is 1. The van der Waals surface area contributed by atoms with Gasteiger partial charge in [-0.1, -0.05) is 0 Å². The molecule has 0 saturated carbocycles. The Bertz CT molecular complexity index is 335. The largest absolute Gasteiger partial charge is 0.385 e. The standard InChI is InChI=1S/C11H21N5O3.HI/c1-12-10(13-4-3-7-19-2)14-5-6-16-9(17)8-15-11(16)18;/h3-8H2,1-2H3,(H,15,18)(H2,12,13,14);1H. The van der Waals surface area contributed by atoms with Gasteiger partial charge in [0.2, 0.25) is 5.91 Å². The van der Waals surface area contributed by atoms with Crippen molar-refractivity contribution in [3.8, 4) is 0 Å². The highest BCUT2D eigenvalue weighted by Gasteiger charge is 2.27. The number of methoxy groups -OCH3 is 1. The first-order valence-electron chi connectivity index (χ1n) is 6.20. The minimum Gasteiger partial charge on any atom is -0.385 e. The molecule has 0 aromatic heterocycles. The monoisotopic (exact) mass is 399 g/mol. The van der Waals surface area contributed by atoms with Gasteiger partial charge in [-0.25, -0.2) is 4.79 Å². The van der Waals surface area contributed by atoms with Gasteiger partial charge in [0, 0.05) is 40.4 Å². The first-order valence-corrected chi connectivity index (χ1v) is 6.20. The molecule has 8 nitrogen and oxygen atoms in total. The number of nitrogens with one attached hydrogen (secondary N) is 3. The predicted molar refractivity (Wildman–Crippen MR) is 86.4 cm³/mol. The van der Waals surface area contributed by atoms with Crippen LogP contribution in [0.3, 0.4) is 0 Å². The first kappa shape index (κ1) is 18.9. The zero-order valence-corrected chi connectivity index (χ0v) is 14.1. The molecule has 9 heteroatoms. The summed E-state index contributed by atoms with van der Waals surface area (Å²) in [5, 5.41) is 8.62. The summed E-state index contributed by atoms with van der Waals surface area (Å²) in [5.74, 6) is 0.443. The maximum Gasteiger partial charge on any atom is 0.324 e. The van der Waals surface area contributed by atoms with Gasteiger partial charge in [0.1, 0.15) is 0 Å². The van der Waals surface area contributed by atoms with Crippen molar-refractivity contribution in [3.05, 3.63) is 0 Å². The van der Waals surface area contributed by atoms with Gasteiger partial charge in [0.15, 0.2) is 5.96 Å². The average Bonchev–Trinajstić information content (AvgIpc) is 2.73. The number of carbonyl (C=O) groups is 2. The zero-order chi connectivity index (χ0) is 14.1. The van der Waals surface area contributed by atoms with Crippen LogP contribution in [-0.2, 0) is 9.53 Å². The highest BCUT2D eigenvalue weighted by Crippen LogP contribution is 1.96. The second kappa shape index (κ2) is 10.7. The maximum absolute atomic E-state index is 11.3. The molecule has 1 rings (SSSR count). The van der Waals surface area contributed by atoms with Gasteiger partial charge in [-0.2, -0.15) is 0 Å². The molecular weight excluding hydrogens is 377 g/mol. The molecule has 0 unspecified atom stereocenters. The maximum atomic E-state index is 11.3. The van der Waals surface area contributed by atoms with Crippen LogP contribution in [0.1, 0.15) is 6.42 Å². The van der Waals surface area contributed by atoms with Gasteiger partial charge >= 0.3 is 6.03 Å². The molecule has 0 aliphatic carbocycles. The fourth-order valence-electron chi connectivity index (χ4n) is 1.61. The van der Waals surface area contributed by atoms with Gasteiger partial charge in [-0.3, -0.25) is 14.7 Å². The lowest BCUT2D eigenvalue weighted by atomic mass is 10.4. The summed E-state index contributed by atoms with van der Waals surface area (Å²) < 4.78 is 4.94. The molecular formula is C11H22IN5O3. The third kappa shape index (κ3) is 6.37. The van der Waals surface area contributed by atoms with E-state index in [9.17, 15) is 9.59 Å². The Hall–Kier alpha value is -1.10. The molecule has 3 amide bonds. The summed E-state index contributed by atoms with van der Waals surface area (Å²) >= 11 is 0. The fraction of sp³-hybridized carbons (Fsp3) is 0.727. The number of halogens is 1. The van der Waals surface area contributed by atoms with Crippen molar-refractivity contribution in [2.24, 2.45) is 4.99 Å². The van der Waals surface area contributed by atoms with Crippen LogP contribution in [0.15, 0.2) is 4.99 Å². The van der Waals surface area contributed by atoms with E-state index in [4.69, 9.17) is 4.74 Å². The number of nitrogens with zero attached hydrogens (tertiary/aromatic N) is 2. The lowest BCUT2D eigenvalue weighted by molar-refractivity contribution is -0.124. The van der Waals surface area contributed by atoms with Crippen molar-refractivity contribution in [2.45, 2.75) is 6.42 Å². The van der Waals surface area contributed by atoms with Gasteiger partial charge in [-0.15, -0.1) is 24.0 Å². The molecule has 1 aliphatic heterocycles. The summed E-state index contributed by atoms with van der Waals surface area (Å²) in [6.45, 7) is 2.30. The van der Waals surface area contributed by atoms with E-state index < -0.39 is 0 Å². The van der Waals surface area contributed by atoms with Crippen LogP contribution in [0.25, 0.3) is 0 Å². The minimum absolute atomic E-state index is 0. The number of imide groups is 1. The number of ether oxygens (including phenoxy) is 1. The third-order valence-electron chi connectivity index (χ3n) is 2.61. The van der Waals surface area contributed by atoms with Crippen LogP contribution in [-0.4, -0.2) is 69.7 Å². The van der Waals surface area contributed by atoms with Gasteiger partial charge < -0.3 is 20.7 Å². The molecule has 0 aromatic rings. The van der Waals surface area contributed by atoms with E-state index in [1.807, 2.05) is 0 Å². The Kier molecular flexibility index (Phi) is 10.1. The predicted octanol–water partition coefficient (Wildman–Crippen LogP) is -0.642. The van der Waals surface area contributed by atoms with Gasteiger partial charge in [-0.05, 0) is 6.42 Å². The number of hydrogen-bond acceptors (Lipinski definition) is 4. The average molecular weight is 399 g/mol. The number of hydrogen-bond donors (Lipinski definition) is 3. The Morgan fingerprint density at radius 1 is 1.40 bits per heavy atom. The summed E-state index contributed by atoms with van der Waals surface area (Å²) in [6, 6.07) is -0.338. The normalized spacial score (nSPS) is 14.9. The van der Waals surface area contributed by atoms with Crippen molar-refractivity contribution < 1.29 is 14.3 Å². The van der Waals surface area contributed by atoms with Crippen molar-refractivity contribution in [1.82, 2.24) is 20.9 Å². The number of urea groups is 1. The molecule has 1 fully saturated rings. The second-order valence-electron chi connectivity index (χ2n) is 3.98. The highest BCUT2D eigenvalue weighted by atomic mass is 127. The lowest BCUT2D eigenvalue weighted by Crippen LogP contribution is -2.43. The molecule has 0 bridgehead atoms. The smallest absolute Gasteiger partial charge is 0.324 e. The molecule has 3 N–H and O–H groups in total. The first-order chi connectivity index (χ1) is 9.19. The molecule has 20 heavy (non-hydrogen) atoms. The second-order valence-corrected chi connectivity index (χ2v) is 3.98. The van der Waals surface area contributed by atoms with E-state index in [0.29, 0.717) is 25.7 Å². The van der Waals surface area contributed by atoms with E-state index >= 15 is 0 Å². The summed E-state index contributed by atoms with van der Waals surface area (Å²) in [6.07, 6.45) is 0.879. The van der Waals surface area contributed by atoms with Crippen LogP contribution < -0.4 is 16.0 Å². The molecule has 0 atom stereocenters. The molecule has 0 spiro atoms. The SMILES string of the molecule is CN=C(NCCCOC)NCCN1C(=O)CNC1=O.I. The van der Waals surface area contributed by atoms with Crippen molar-refractivity contribution in [2.75, 3.05) is 46.9 Å². The molecule has 0 radical (unpaired) electrons. The van der Waals surface area contributed by atoms with Crippen LogP contribution in [0.5, 0.6) is 0 Å². The summed E-state index contributed by atoms with van der Waals surface area (Å²) in [5.41, 5.74) is 0. The highest BCUT2D eigenvalue weighted by molar-refractivity contribution is 14.0. The van der Waals surface area contributed by atoms with E-state index in [2.05, 4.69) is 20.9 Å². The quantitative estimate of drug-likeness (QED) is 0.174. The van der Waals surface area contributed by atoms with Crippen molar-refractivity contribution in [1.29, 1.82) is 0 Å². The fourth-order valence-corrected chi connectivity index (χ4v) is 1.61. The van der Waals surface area contributed by atoms with Gasteiger partial charge in [0.25, 0.3) is 0 Å². The minimum atomic E-state index is -0.338. The van der Waals surface area contributed by atoms with E-state index in [1.165, 1.54) is 4.90 Å². The Morgan fingerprint density at radius 2 is 2.10 bits per heavy atom. The molecule has 0 aromatic carbocycles.